The molecule has 64 valence electrons. The lowest BCUT2D eigenvalue weighted by molar-refractivity contribution is -0.120. The van der Waals surface area contributed by atoms with E-state index in [9.17, 15) is 4.79 Å². The quantitative estimate of drug-likeness (QED) is 0.629. The van der Waals surface area contributed by atoms with Crippen molar-refractivity contribution >= 4 is 5.91 Å². The van der Waals surface area contributed by atoms with Crippen molar-refractivity contribution in [3.63, 3.8) is 0 Å². The zero-order valence-electron chi connectivity index (χ0n) is 7.48. The van der Waals surface area contributed by atoms with Crippen LogP contribution in [0.4, 0.5) is 0 Å². The zero-order valence-corrected chi connectivity index (χ0v) is 7.48. The van der Waals surface area contributed by atoms with Crippen LogP contribution in [0, 0.1) is 11.3 Å². The predicted molar refractivity (Wildman–Crippen MR) is 44.9 cm³/mol. The van der Waals surface area contributed by atoms with Crippen molar-refractivity contribution in [2.45, 2.75) is 33.6 Å². The van der Waals surface area contributed by atoms with Gasteiger partial charge in [-0.15, -0.1) is 0 Å². The molecule has 0 heterocycles. The summed E-state index contributed by atoms with van der Waals surface area (Å²) in [6, 6.07) is 1.83. The molecule has 0 fully saturated rings. The molecule has 0 aromatic heterocycles. The van der Waals surface area contributed by atoms with Crippen LogP contribution in [0.5, 0.6) is 0 Å². The molecule has 1 amide bonds. The van der Waals surface area contributed by atoms with E-state index < -0.39 is 0 Å². The first-order chi connectivity index (χ1) is 5.31. The molecule has 0 spiro atoms. The molecule has 1 N–H and O–H groups in total. The van der Waals surface area contributed by atoms with Gasteiger partial charge in [0.1, 0.15) is 6.54 Å². The van der Waals surface area contributed by atoms with Crippen LogP contribution in [0.15, 0.2) is 0 Å². The summed E-state index contributed by atoms with van der Waals surface area (Å²) < 4.78 is 0. The summed E-state index contributed by atoms with van der Waals surface area (Å²) in [4.78, 5) is 10.5. The van der Waals surface area contributed by atoms with Crippen molar-refractivity contribution in [2.75, 3.05) is 6.54 Å². The summed E-state index contributed by atoms with van der Waals surface area (Å²) in [6.45, 7) is 6.05. The van der Waals surface area contributed by atoms with Crippen LogP contribution in [0.1, 0.15) is 33.6 Å². The average molecular weight is 156 g/mol. The fraction of sp³-hybridized carbons (Fsp3) is 0.750. The van der Waals surface area contributed by atoms with Crippen molar-refractivity contribution in [1.29, 1.82) is 5.26 Å². The van der Waals surface area contributed by atoms with E-state index in [4.69, 9.17) is 5.26 Å². The molecule has 11 heavy (non-hydrogen) atoms. The van der Waals surface area contributed by atoms with Crippen LogP contribution in [0.2, 0.25) is 0 Å². The molecule has 0 unspecified atom stereocenters. The third kappa shape index (κ3) is 12.2. The van der Waals surface area contributed by atoms with Crippen molar-refractivity contribution in [3.8, 4) is 6.07 Å². The van der Waals surface area contributed by atoms with E-state index in [2.05, 4.69) is 5.32 Å². The van der Waals surface area contributed by atoms with Gasteiger partial charge in [0.2, 0.25) is 5.91 Å². The van der Waals surface area contributed by atoms with Crippen molar-refractivity contribution in [2.24, 2.45) is 0 Å². The Morgan fingerprint density at radius 1 is 1.55 bits per heavy atom. The molecular weight excluding hydrogens is 140 g/mol. The number of hydrogen-bond donors (Lipinski definition) is 1. The Bertz CT molecular complexity index is 127. The highest BCUT2D eigenvalue weighted by molar-refractivity contribution is 5.75. The van der Waals surface area contributed by atoms with Crippen LogP contribution in [0.3, 0.4) is 0 Å². The highest BCUT2D eigenvalue weighted by atomic mass is 16.1. The van der Waals surface area contributed by atoms with Crippen molar-refractivity contribution in [3.05, 3.63) is 0 Å². The Morgan fingerprint density at radius 2 is 2.09 bits per heavy atom. The third-order valence-electron chi connectivity index (χ3n) is 0.842. The minimum atomic E-state index is -0.0425. The lowest BCUT2D eigenvalue weighted by atomic mass is 10.3. The van der Waals surface area contributed by atoms with Gasteiger partial charge in [-0.3, -0.25) is 4.79 Å². The summed E-state index contributed by atoms with van der Waals surface area (Å²) in [5.74, 6) is -0.0425. The highest BCUT2D eigenvalue weighted by Crippen LogP contribution is 1.83. The van der Waals surface area contributed by atoms with Crippen LogP contribution < -0.4 is 5.32 Å². The smallest absolute Gasteiger partial charge is 0.220 e. The van der Waals surface area contributed by atoms with E-state index in [1.165, 1.54) is 0 Å². The molecule has 0 aromatic rings. The van der Waals surface area contributed by atoms with Gasteiger partial charge < -0.3 is 5.32 Å². The summed E-state index contributed by atoms with van der Waals surface area (Å²) >= 11 is 0. The molecule has 0 aliphatic carbocycles. The largest absolute Gasteiger partial charge is 0.343 e. The van der Waals surface area contributed by atoms with E-state index in [0.29, 0.717) is 6.42 Å². The maximum Gasteiger partial charge on any atom is 0.220 e. The normalized spacial score (nSPS) is 7.09. The van der Waals surface area contributed by atoms with Gasteiger partial charge in [-0.25, -0.2) is 0 Å². The molecule has 0 aliphatic heterocycles. The number of nitrogens with zero attached hydrogens (tertiary/aromatic N) is 1. The zero-order chi connectivity index (χ0) is 9.11. The lowest BCUT2D eigenvalue weighted by Crippen LogP contribution is -2.22. The Labute approximate surface area is 68.4 Å². The second kappa shape index (κ2) is 11.7. The van der Waals surface area contributed by atoms with Crippen molar-refractivity contribution in [1.82, 2.24) is 5.32 Å². The monoisotopic (exact) mass is 156 g/mol. The van der Waals surface area contributed by atoms with Crippen LogP contribution in [0.25, 0.3) is 0 Å². The molecule has 0 atom stereocenters. The van der Waals surface area contributed by atoms with Gasteiger partial charge in [0.05, 0.1) is 6.07 Å². The first-order valence-corrected chi connectivity index (χ1v) is 3.95. The van der Waals surface area contributed by atoms with E-state index >= 15 is 0 Å². The Morgan fingerprint density at radius 3 is 2.45 bits per heavy atom. The first-order valence-electron chi connectivity index (χ1n) is 3.95. The van der Waals surface area contributed by atoms with Crippen LogP contribution >= 0.6 is 0 Å². The van der Waals surface area contributed by atoms with Gasteiger partial charge in [-0.2, -0.15) is 5.26 Å². The van der Waals surface area contributed by atoms with E-state index in [1.807, 2.05) is 26.8 Å². The van der Waals surface area contributed by atoms with Gasteiger partial charge in [0.15, 0.2) is 0 Å². The topological polar surface area (TPSA) is 52.9 Å². The molecule has 0 rings (SSSR count). The summed E-state index contributed by atoms with van der Waals surface area (Å²) in [5.41, 5.74) is 0. The Hall–Kier alpha value is -1.04. The number of nitrogens with one attached hydrogen (secondary N) is 1. The SMILES string of the molecule is CC.CCCC(=O)NCC#N. The number of carbonyl (C=O) groups is 1. The van der Waals surface area contributed by atoms with Gasteiger partial charge in [-0.1, -0.05) is 20.8 Å². The molecule has 0 aliphatic rings. The molecule has 3 nitrogen and oxygen atoms in total. The minimum Gasteiger partial charge on any atom is -0.343 e. The molecule has 0 radical (unpaired) electrons. The second-order valence-corrected chi connectivity index (χ2v) is 1.68. The van der Waals surface area contributed by atoms with Crippen LogP contribution in [-0.2, 0) is 4.79 Å². The fourth-order valence-corrected chi connectivity index (χ4v) is 0.454. The molecule has 3 heteroatoms. The van der Waals surface area contributed by atoms with Gasteiger partial charge >= 0.3 is 0 Å². The Kier molecular flexibility index (Phi) is 13.4. The van der Waals surface area contributed by atoms with Gasteiger partial charge in [0, 0.05) is 6.42 Å². The maximum atomic E-state index is 10.5. The lowest BCUT2D eigenvalue weighted by Gasteiger charge is -1.95. The second-order valence-electron chi connectivity index (χ2n) is 1.68. The number of hydrogen-bond acceptors (Lipinski definition) is 2. The third-order valence-corrected chi connectivity index (χ3v) is 0.842. The van der Waals surface area contributed by atoms with E-state index in [-0.39, 0.29) is 12.5 Å². The number of rotatable bonds is 3. The van der Waals surface area contributed by atoms with E-state index in [1.54, 1.807) is 0 Å². The molecular formula is C8H16N2O. The number of amides is 1. The minimum absolute atomic E-state index is 0.0425. The molecule has 0 saturated carbocycles. The summed E-state index contributed by atoms with van der Waals surface area (Å²) in [5, 5.41) is 10.5. The van der Waals surface area contributed by atoms with Gasteiger partial charge in [-0.05, 0) is 6.42 Å². The fourth-order valence-electron chi connectivity index (χ4n) is 0.454. The average Bonchev–Trinajstić information content (AvgIpc) is 2.05. The molecule has 0 saturated heterocycles. The maximum absolute atomic E-state index is 10.5. The van der Waals surface area contributed by atoms with Crippen molar-refractivity contribution < 1.29 is 4.79 Å². The molecule has 0 bridgehead atoms. The predicted octanol–water partition coefficient (Wildman–Crippen LogP) is 1.45. The standard InChI is InChI=1S/C6H10N2O.C2H6/c1-2-3-6(9)8-5-4-7;1-2/h2-3,5H2,1H3,(H,8,9);1-2H3. The van der Waals surface area contributed by atoms with Gasteiger partial charge in [0.25, 0.3) is 0 Å². The number of carbonyl (C=O) groups excluding carboxylic acids is 1. The summed E-state index contributed by atoms with van der Waals surface area (Å²) in [6.07, 6.45) is 1.35. The Balaban J connectivity index is 0. The van der Waals surface area contributed by atoms with Crippen LogP contribution in [-0.4, -0.2) is 12.5 Å². The number of nitriles is 1. The highest BCUT2D eigenvalue weighted by Gasteiger charge is 1.94. The first kappa shape index (κ1) is 12.6. The summed E-state index contributed by atoms with van der Waals surface area (Å²) in [7, 11) is 0. The van der Waals surface area contributed by atoms with E-state index in [0.717, 1.165) is 6.42 Å². The molecule has 0 aromatic carbocycles.